The Bertz CT molecular complexity index is 409. The van der Waals surface area contributed by atoms with Crippen molar-refractivity contribution in [2.45, 2.75) is 12.8 Å². The van der Waals surface area contributed by atoms with Crippen LogP contribution in [-0.2, 0) is 4.84 Å². The largest absolute Gasteiger partial charge is 0.399 e. The number of rotatable bonds is 3. The van der Waals surface area contributed by atoms with Gasteiger partial charge in [0.05, 0.1) is 11.8 Å². The molecule has 0 bridgehead atoms. The van der Waals surface area contributed by atoms with Crippen molar-refractivity contribution in [1.29, 1.82) is 5.26 Å². The second kappa shape index (κ2) is 5.38. The molecule has 0 saturated carbocycles. The Morgan fingerprint density at radius 1 is 1.53 bits per heavy atom. The summed E-state index contributed by atoms with van der Waals surface area (Å²) in [5.41, 5.74) is 1.34. The maximum absolute atomic E-state index is 9.06. The fourth-order valence-corrected chi connectivity index (χ4v) is 1.54. The Kier molecular flexibility index (Phi) is 4.14. The SMILES string of the molecule is CO/N=C(\C)C(C#N)c1ccccc1Cl. The summed E-state index contributed by atoms with van der Waals surface area (Å²) in [7, 11) is 1.45. The molecule has 1 aromatic carbocycles. The van der Waals surface area contributed by atoms with Gasteiger partial charge in [0, 0.05) is 5.02 Å². The molecule has 0 heterocycles. The zero-order valence-corrected chi connectivity index (χ0v) is 9.32. The molecule has 1 rings (SSSR count). The van der Waals surface area contributed by atoms with E-state index in [0.29, 0.717) is 10.7 Å². The monoisotopic (exact) mass is 222 g/mol. The van der Waals surface area contributed by atoms with Crippen molar-refractivity contribution >= 4 is 17.3 Å². The van der Waals surface area contributed by atoms with Crippen LogP contribution >= 0.6 is 11.6 Å². The summed E-state index contributed by atoms with van der Waals surface area (Å²) >= 11 is 6.00. The van der Waals surface area contributed by atoms with E-state index in [1.807, 2.05) is 18.2 Å². The Morgan fingerprint density at radius 2 is 2.20 bits per heavy atom. The average Bonchev–Trinajstić information content (AvgIpc) is 2.22. The van der Waals surface area contributed by atoms with Gasteiger partial charge >= 0.3 is 0 Å². The highest BCUT2D eigenvalue weighted by atomic mass is 35.5. The number of benzene rings is 1. The van der Waals surface area contributed by atoms with Crippen LogP contribution in [0.5, 0.6) is 0 Å². The summed E-state index contributed by atoms with van der Waals surface area (Å²) < 4.78 is 0. The standard InChI is InChI=1S/C11H11ClN2O/c1-8(14-15-2)10(7-13)9-5-3-4-6-11(9)12/h3-6,10H,1-2H3/b14-8+. The highest BCUT2D eigenvalue weighted by molar-refractivity contribution is 6.31. The van der Waals surface area contributed by atoms with E-state index in [9.17, 15) is 0 Å². The van der Waals surface area contributed by atoms with Crippen LogP contribution in [0.1, 0.15) is 18.4 Å². The molecular formula is C11H11ClN2O. The maximum Gasteiger partial charge on any atom is 0.114 e. The van der Waals surface area contributed by atoms with E-state index >= 15 is 0 Å². The van der Waals surface area contributed by atoms with E-state index in [0.717, 1.165) is 5.56 Å². The molecule has 0 spiro atoms. The van der Waals surface area contributed by atoms with Gasteiger partial charge in [0.2, 0.25) is 0 Å². The lowest BCUT2D eigenvalue weighted by atomic mass is 9.96. The molecule has 4 heteroatoms. The van der Waals surface area contributed by atoms with E-state index in [-0.39, 0.29) is 0 Å². The summed E-state index contributed by atoms with van der Waals surface area (Å²) in [6, 6.07) is 9.37. The number of oxime groups is 1. The Labute approximate surface area is 93.9 Å². The summed E-state index contributed by atoms with van der Waals surface area (Å²) in [6.45, 7) is 1.74. The van der Waals surface area contributed by atoms with Crippen molar-refractivity contribution < 1.29 is 4.84 Å². The molecule has 0 fully saturated rings. The molecule has 0 aliphatic rings. The molecule has 78 valence electrons. The average molecular weight is 223 g/mol. The molecular weight excluding hydrogens is 212 g/mol. The van der Waals surface area contributed by atoms with E-state index < -0.39 is 5.92 Å². The summed E-state index contributed by atoms with van der Waals surface area (Å²) in [5, 5.41) is 13.4. The van der Waals surface area contributed by atoms with E-state index in [4.69, 9.17) is 16.9 Å². The number of halogens is 1. The molecule has 0 aliphatic heterocycles. The molecule has 15 heavy (non-hydrogen) atoms. The van der Waals surface area contributed by atoms with Crippen LogP contribution in [-0.4, -0.2) is 12.8 Å². The van der Waals surface area contributed by atoms with Crippen LogP contribution in [0.15, 0.2) is 29.4 Å². The molecule has 0 saturated heterocycles. The van der Waals surface area contributed by atoms with Crippen molar-refractivity contribution in [3.63, 3.8) is 0 Å². The normalized spacial score (nSPS) is 13.1. The van der Waals surface area contributed by atoms with Crippen LogP contribution in [0.4, 0.5) is 0 Å². The van der Waals surface area contributed by atoms with Gasteiger partial charge in [0.1, 0.15) is 13.0 Å². The zero-order valence-electron chi connectivity index (χ0n) is 8.57. The van der Waals surface area contributed by atoms with Crippen molar-refractivity contribution in [3.05, 3.63) is 34.9 Å². The smallest absolute Gasteiger partial charge is 0.114 e. The molecule has 0 aliphatic carbocycles. The van der Waals surface area contributed by atoms with Crippen molar-refractivity contribution in [2.24, 2.45) is 5.16 Å². The second-order valence-electron chi connectivity index (χ2n) is 3.00. The molecule has 1 aromatic rings. The Hall–Kier alpha value is -1.53. The fraction of sp³-hybridized carbons (Fsp3) is 0.273. The predicted octanol–water partition coefficient (Wildman–Crippen LogP) is 2.97. The zero-order chi connectivity index (χ0) is 11.3. The van der Waals surface area contributed by atoms with Crippen molar-refractivity contribution in [1.82, 2.24) is 0 Å². The predicted molar refractivity (Wildman–Crippen MR) is 59.9 cm³/mol. The van der Waals surface area contributed by atoms with Gasteiger partial charge in [-0.1, -0.05) is 35.0 Å². The van der Waals surface area contributed by atoms with Gasteiger partial charge < -0.3 is 4.84 Å². The first kappa shape index (κ1) is 11.5. The highest BCUT2D eigenvalue weighted by Crippen LogP contribution is 2.25. The number of hydrogen-bond donors (Lipinski definition) is 0. The van der Waals surface area contributed by atoms with E-state index in [1.54, 1.807) is 13.0 Å². The highest BCUT2D eigenvalue weighted by Gasteiger charge is 2.17. The van der Waals surface area contributed by atoms with Gasteiger partial charge in [-0.05, 0) is 18.6 Å². The lowest BCUT2D eigenvalue weighted by Gasteiger charge is -2.09. The summed E-state index contributed by atoms with van der Waals surface area (Å²) in [5.74, 6) is -0.460. The lowest BCUT2D eigenvalue weighted by Crippen LogP contribution is -2.08. The molecule has 1 unspecified atom stereocenters. The third-order valence-electron chi connectivity index (χ3n) is 2.00. The first-order chi connectivity index (χ1) is 7.20. The number of nitriles is 1. The van der Waals surface area contributed by atoms with E-state index in [1.165, 1.54) is 7.11 Å². The molecule has 0 N–H and O–H groups in total. The first-order valence-electron chi connectivity index (χ1n) is 4.42. The van der Waals surface area contributed by atoms with Crippen LogP contribution in [0.3, 0.4) is 0 Å². The molecule has 3 nitrogen and oxygen atoms in total. The topological polar surface area (TPSA) is 45.4 Å². The summed E-state index contributed by atoms with van der Waals surface area (Å²) in [4.78, 5) is 4.64. The minimum Gasteiger partial charge on any atom is -0.399 e. The Balaban J connectivity index is 3.10. The molecule has 0 radical (unpaired) electrons. The van der Waals surface area contributed by atoms with Crippen LogP contribution in [0, 0.1) is 11.3 Å². The molecule has 0 amide bonds. The van der Waals surface area contributed by atoms with Crippen LogP contribution in [0.25, 0.3) is 0 Å². The van der Waals surface area contributed by atoms with Gasteiger partial charge in [-0.2, -0.15) is 5.26 Å². The second-order valence-corrected chi connectivity index (χ2v) is 3.41. The Morgan fingerprint density at radius 3 is 2.73 bits per heavy atom. The summed E-state index contributed by atoms with van der Waals surface area (Å²) in [6.07, 6.45) is 0. The lowest BCUT2D eigenvalue weighted by molar-refractivity contribution is 0.212. The molecule has 1 atom stereocenters. The van der Waals surface area contributed by atoms with E-state index in [2.05, 4.69) is 16.1 Å². The van der Waals surface area contributed by atoms with Gasteiger partial charge in [-0.25, -0.2) is 0 Å². The minimum absolute atomic E-state index is 0.460. The molecule has 0 aromatic heterocycles. The third-order valence-corrected chi connectivity index (χ3v) is 2.34. The fourth-order valence-electron chi connectivity index (χ4n) is 1.29. The quantitative estimate of drug-likeness (QED) is 0.583. The maximum atomic E-state index is 9.06. The first-order valence-corrected chi connectivity index (χ1v) is 4.80. The van der Waals surface area contributed by atoms with Gasteiger partial charge in [-0.15, -0.1) is 0 Å². The van der Waals surface area contributed by atoms with Crippen LogP contribution in [0.2, 0.25) is 5.02 Å². The minimum atomic E-state index is -0.460. The number of hydrogen-bond acceptors (Lipinski definition) is 3. The third kappa shape index (κ3) is 2.71. The van der Waals surface area contributed by atoms with Crippen molar-refractivity contribution in [3.8, 4) is 6.07 Å². The van der Waals surface area contributed by atoms with Gasteiger partial charge in [0.15, 0.2) is 0 Å². The number of nitrogens with zero attached hydrogens (tertiary/aromatic N) is 2. The van der Waals surface area contributed by atoms with Crippen molar-refractivity contribution in [2.75, 3.05) is 7.11 Å². The van der Waals surface area contributed by atoms with Gasteiger partial charge in [0.25, 0.3) is 0 Å². The van der Waals surface area contributed by atoms with Gasteiger partial charge in [-0.3, -0.25) is 0 Å². The van der Waals surface area contributed by atoms with Crippen LogP contribution < -0.4 is 0 Å².